The third-order valence-corrected chi connectivity index (χ3v) is 4.50. The summed E-state index contributed by atoms with van der Waals surface area (Å²) in [5.74, 6) is -0.465. The molecule has 0 unspecified atom stereocenters. The highest BCUT2D eigenvalue weighted by atomic mass is 16.5. The summed E-state index contributed by atoms with van der Waals surface area (Å²) in [7, 11) is 0. The second-order valence-corrected chi connectivity index (χ2v) is 6.56. The molecule has 1 heterocycles. The molecule has 1 aromatic heterocycles. The second kappa shape index (κ2) is 10.0. The van der Waals surface area contributed by atoms with Crippen molar-refractivity contribution in [3.8, 4) is 0 Å². The van der Waals surface area contributed by atoms with E-state index in [4.69, 9.17) is 4.74 Å². The summed E-state index contributed by atoms with van der Waals surface area (Å²) in [5, 5.41) is 0.872. The fourth-order valence-electron chi connectivity index (χ4n) is 3.10. The van der Waals surface area contributed by atoms with Gasteiger partial charge < -0.3 is 4.74 Å². The van der Waals surface area contributed by atoms with E-state index in [0.717, 1.165) is 18.2 Å². The van der Waals surface area contributed by atoms with Crippen LogP contribution in [0.4, 0.5) is 0 Å². The Morgan fingerprint density at radius 2 is 1.64 bits per heavy atom. The maximum atomic E-state index is 12.4. The van der Waals surface area contributed by atoms with Crippen molar-refractivity contribution in [2.24, 2.45) is 0 Å². The van der Waals surface area contributed by atoms with Gasteiger partial charge in [-0.15, -0.1) is 0 Å². The smallest absolute Gasteiger partial charge is 0.340 e. The van der Waals surface area contributed by atoms with Crippen LogP contribution in [0, 0.1) is 0 Å². The number of fused-ring (bicyclic) bond motifs is 1. The van der Waals surface area contributed by atoms with Gasteiger partial charge in [-0.3, -0.25) is 9.36 Å². The number of esters is 1. The topological polar surface area (TPSA) is 48.3 Å². The number of nitrogens with zero attached hydrogens (tertiary/aromatic N) is 1. The average Bonchev–Trinajstić information content (AvgIpc) is 3.04. The number of ether oxygens (including phenoxy) is 1. The van der Waals surface area contributed by atoms with Crippen molar-refractivity contribution in [3.05, 3.63) is 36.0 Å². The van der Waals surface area contributed by atoms with Gasteiger partial charge in [-0.25, -0.2) is 4.79 Å². The maximum Gasteiger partial charge on any atom is 0.340 e. The fraction of sp³-hybridized carbons (Fsp3) is 0.524. The van der Waals surface area contributed by atoms with Crippen molar-refractivity contribution in [2.75, 3.05) is 6.61 Å². The highest BCUT2D eigenvalue weighted by molar-refractivity contribution is 6.06. The number of aromatic nitrogens is 1. The van der Waals surface area contributed by atoms with Crippen molar-refractivity contribution in [2.45, 2.75) is 65.2 Å². The molecule has 0 saturated carbocycles. The number of hydrogen-bond acceptors (Lipinski definition) is 3. The van der Waals surface area contributed by atoms with Crippen LogP contribution in [-0.2, 0) is 4.74 Å². The molecule has 0 amide bonds. The Morgan fingerprint density at radius 3 is 2.32 bits per heavy atom. The summed E-state index contributed by atoms with van der Waals surface area (Å²) >= 11 is 0. The number of unbranched alkanes of at least 4 members (excludes halogenated alkanes) is 7. The minimum absolute atomic E-state index is 0.113. The molecule has 0 spiro atoms. The Hall–Kier alpha value is -2.10. The Morgan fingerprint density at radius 1 is 0.960 bits per heavy atom. The third kappa shape index (κ3) is 5.45. The second-order valence-electron chi connectivity index (χ2n) is 6.56. The van der Waals surface area contributed by atoms with Crippen molar-refractivity contribution in [1.82, 2.24) is 4.57 Å². The van der Waals surface area contributed by atoms with Gasteiger partial charge in [-0.2, -0.15) is 0 Å². The van der Waals surface area contributed by atoms with Crippen LogP contribution in [-0.4, -0.2) is 23.1 Å². The SMILES string of the molecule is CCCCCCCCCCOC(=O)c1cccc2ccn(C(C)=O)c12. The molecule has 0 aliphatic rings. The third-order valence-electron chi connectivity index (χ3n) is 4.50. The first-order valence-electron chi connectivity index (χ1n) is 9.43. The molecule has 0 aliphatic carbocycles. The largest absolute Gasteiger partial charge is 0.462 e. The van der Waals surface area contributed by atoms with Gasteiger partial charge in [-0.05, 0) is 18.6 Å². The first kappa shape index (κ1) is 19.2. The molecule has 0 N–H and O–H groups in total. The van der Waals surface area contributed by atoms with Crippen LogP contribution in [0.1, 0.15) is 80.4 Å². The average molecular weight is 343 g/mol. The molecule has 2 rings (SSSR count). The van der Waals surface area contributed by atoms with Crippen molar-refractivity contribution in [3.63, 3.8) is 0 Å². The van der Waals surface area contributed by atoms with E-state index in [1.54, 1.807) is 12.3 Å². The van der Waals surface area contributed by atoms with Crippen LogP contribution in [0.2, 0.25) is 0 Å². The highest BCUT2D eigenvalue weighted by Crippen LogP contribution is 2.21. The normalized spacial score (nSPS) is 11.0. The molecular formula is C21H29NO3. The summed E-state index contributed by atoms with van der Waals surface area (Å²) in [6.07, 6.45) is 11.4. The van der Waals surface area contributed by atoms with Gasteiger partial charge in [0.1, 0.15) is 0 Å². The Balaban J connectivity index is 1.81. The molecule has 0 saturated heterocycles. The number of carbonyl (C=O) groups is 2. The van der Waals surface area contributed by atoms with E-state index < -0.39 is 0 Å². The Bertz CT molecular complexity index is 702. The van der Waals surface area contributed by atoms with E-state index in [-0.39, 0.29) is 11.9 Å². The van der Waals surface area contributed by atoms with Crippen LogP contribution >= 0.6 is 0 Å². The van der Waals surface area contributed by atoms with Crippen molar-refractivity contribution < 1.29 is 14.3 Å². The lowest BCUT2D eigenvalue weighted by molar-refractivity contribution is 0.0499. The molecule has 136 valence electrons. The van der Waals surface area contributed by atoms with Crippen LogP contribution in [0.15, 0.2) is 30.5 Å². The van der Waals surface area contributed by atoms with Crippen LogP contribution in [0.3, 0.4) is 0 Å². The van der Waals surface area contributed by atoms with Crippen molar-refractivity contribution >= 4 is 22.8 Å². The van der Waals surface area contributed by atoms with Crippen molar-refractivity contribution in [1.29, 1.82) is 0 Å². The predicted octanol–water partition coefficient (Wildman–Crippen LogP) is 5.60. The zero-order chi connectivity index (χ0) is 18.1. The Labute approximate surface area is 150 Å². The quantitative estimate of drug-likeness (QED) is 0.417. The molecule has 4 heteroatoms. The highest BCUT2D eigenvalue weighted by Gasteiger charge is 2.16. The number of rotatable bonds is 10. The van der Waals surface area contributed by atoms with E-state index in [1.165, 1.54) is 50.0 Å². The molecule has 0 fully saturated rings. The van der Waals surface area contributed by atoms with E-state index in [1.807, 2.05) is 18.2 Å². The summed E-state index contributed by atoms with van der Waals surface area (Å²) < 4.78 is 6.92. The van der Waals surface area contributed by atoms with E-state index in [0.29, 0.717) is 17.7 Å². The summed E-state index contributed by atoms with van der Waals surface area (Å²) in [6, 6.07) is 7.27. The van der Waals surface area contributed by atoms with Gasteiger partial charge >= 0.3 is 5.97 Å². The van der Waals surface area contributed by atoms with E-state index >= 15 is 0 Å². The fourth-order valence-corrected chi connectivity index (χ4v) is 3.10. The van der Waals surface area contributed by atoms with Gasteiger partial charge in [0, 0.05) is 18.5 Å². The van der Waals surface area contributed by atoms with Crippen LogP contribution in [0.25, 0.3) is 10.9 Å². The lowest BCUT2D eigenvalue weighted by Crippen LogP contribution is -2.11. The van der Waals surface area contributed by atoms with E-state index in [2.05, 4.69) is 6.92 Å². The predicted molar refractivity (Wildman–Crippen MR) is 101 cm³/mol. The zero-order valence-corrected chi connectivity index (χ0v) is 15.4. The molecule has 1 aromatic carbocycles. The molecule has 0 atom stereocenters. The number of carbonyl (C=O) groups excluding carboxylic acids is 2. The molecule has 2 aromatic rings. The molecule has 4 nitrogen and oxygen atoms in total. The van der Waals surface area contributed by atoms with E-state index in [9.17, 15) is 9.59 Å². The van der Waals surface area contributed by atoms with Crippen LogP contribution in [0.5, 0.6) is 0 Å². The summed E-state index contributed by atoms with van der Waals surface area (Å²) in [5.41, 5.74) is 1.09. The number of para-hydroxylation sites is 1. The number of hydrogen-bond donors (Lipinski definition) is 0. The minimum Gasteiger partial charge on any atom is -0.462 e. The first-order valence-corrected chi connectivity index (χ1v) is 9.43. The van der Waals surface area contributed by atoms with Gasteiger partial charge in [0.05, 0.1) is 17.7 Å². The van der Waals surface area contributed by atoms with Gasteiger partial charge in [0.2, 0.25) is 5.91 Å². The summed E-state index contributed by atoms with van der Waals surface area (Å²) in [4.78, 5) is 24.1. The Kier molecular flexibility index (Phi) is 7.71. The van der Waals surface area contributed by atoms with Gasteiger partial charge in [-0.1, -0.05) is 64.0 Å². The monoisotopic (exact) mass is 343 g/mol. The lowest BCUT2D eigenvalue weighted by atomic mass is 10.1. The molecule has 0 radical (unpaired) electrons. The standard InChI is InChI=1S/C21H29NO3/c1-3-4-5-6-7-8-9-10-16-25-21(24)19-13-11-12-18-14-15-22(17(2)23)20(18)19/h11-15H,3-10,16H2,1-2H3. The lowest BCUT2D eigenvalue weighted by Gasteiger charge is -2.08. The molecule has 0 bridgehead atoms. The zero-order valence-electron chi connectivity index (χ0n) is 15.4. The van der Waals surface area contributed by atoms with Gasteiger partial charge in [0.25, 0.3) is 0 Å². The first-order chi connectivity index (χ1) is 12.1. The molecular weight excluding hydrogens is 314 g/mol. The summed E-state index contributed by atoms with van der Waals surface area (Å²) in [6.45, 7) is 4.15. The molecule has 0 aliphatic heterocycles. The number of benzene rings is 1. The maximum absolute atomic E-state index is 12.4. The van der Waals surface area contributed by atoms with Gasteiger partial charge in [0.15, 0.2) is 0 Å². The minimum atomic E-state index is -0.352. The molecule has 25 heavy (non-hydrogen) atoms. The van der Waals surface area contributed by atoms with Crippen LogP contribution < -0.4 is 0 Å².